The minimum absolute atomic E-state index is 0.00841. The summed E-state index contributed by atoms with van der Waals surface area (Å²) in [4.78, 5) is 11.9. The molecule has 0 aliphatic carbocycles. The van der Waals surface area contributed by atoms with Crippen molar-refractivity contribution < 1.29 is 14.3 Å². The lowest BCUT2D eigenvalue weighted by Crippen LogP contribution is -2.19. The molecule has 0 fully saturated rings. The highest BCUT2D eigenvalue weighted by molar-refractivity contribution is 9.10. The van der Waals surface area contributed by atoms with Gasteiger partial charge < -0.3 is 15.2 Å². The second kappa shape index (κ2) is 7.54. The zero-order valence-electron chi connectivity index (χ0n) is 9.69. The van der Waals surface area contributed by atoms with E-state index in [-0.39, 0.29) is 12.4 Å². The Balaban J connectivity index is 2.66. The van der Waals surface area contributed by atoms with Crippen molar-refractivity contribution in [3.63, 3.8) is 0 Å². The fraction of sp³-hybridized carbons (Fsp3) is 0.600. The molecular weight excluding hydrogens is 290 g/mol. The lowest BCUT2D eigenvalue weighted by molar-refractivity contribution is 0.0759. The summed E-state index contributed by atoms with van der Waals surface area (Å²) in [6, 6.07) is 0. The third-order valence-corrected chi connectivity index (χ3v) is 2.64. The van der Waals surface area contributed by atoms with Crippen LogP contribution in [0.1, 0.15) is 10.5 Å². The maximum absolute atomic E-state index is 11.9. The van der Waals surface area contributed by atoms with Crippen LogP contribution in [0.3, 0.4) is 0 Å². The highest BCUT2D eigenvalue weighted by atomic mass is 79.9. The molecule has 1 heterocycles. The van der Waals surface area contributed by atoms with Gasteiger partial charge in [0.15, 0.2) is 0 Å². The van der Waals surface area contributed by atoms with Crippen LogP contribution in [0.15, 0.2) is 10.7 Å². The van der Waals surface area contributed by atoms with Crippen molar-refractivity contribution in [2.75, 3.05) is 33.5 Å². The second-order valence-electron chi connectivity index (χ2n) is 3.32. The van der Waals surface area contributed by atoms with Crippen LogP contribution >= 0.6 is 15.9 Å². The molecule has 0 amide bonds. The smallest absolute Gasteiger partial charge is 0.207 e. The van der Waals surface area contributed by atoms with Gasteiger partial charge in [-0.2, -0.15) is 5.10 Å². The fourth-order valence-electron chi connectivity index (χ4n) is 1.30. The number of methoxy groups -OCH3 is 1. The van der Waals surface area contributed by atoms with E-state index in [2.05, 4.69) is 21.0 Å². The number of halogens is 1. The molecule has 0 radical (unpaired) electrons. The molecule has 2 N–H and O–H groups in total. The average molecular weight is 306 g/mol. The third kappa shape index (κ3) is 4.19. The van der Waals surface area contributed by atoms with Crippen LogP contribution in [0, 0.1) is 0 Å². The minimum Gasteiger partial charge on any atom is -0.383 e. The van der Waals surface area contributed by atoms with Gasteiger partial charge in [-0.15, -0.1) is 0 Å². The number of carbonyl (C=O) groups excluding carboxylic acids is 1. The number of aromatic nitrogens is 2. The van der Waals surface area contributed by atoms with Gasteiger partial charge in [0.1, 0.15) is 12.3 Å². The van der Waals surface area contributed by atoms with E-state index in [0.717, 1.165) is 0 Å². The number of hydrogen-bond donors (Lipinski definition) is 1. The van der Waals surface area contributed by atoms with E-state index in [1.54, 1.807) is 18.0 Å². The Hall–Kier alpha value is -0.760. The largest absolute Gasteiger partial charge is 0.383 e. The molecule has 1 rings (SSSR count). The van der Waals surface area contributed by atoms with E-state index in [1.165, 1.54) is 0 Å². The Morgan fingerprint density at radius 3 is 3.00 bits per heavy atom. The normalized spacial score (nSPS) is 10.8. The molecule has 0 saturated carbocycles. The van der Waals surface area contributed by atoms with Gasteiger partial charge in [0, 0.05) is 13.7 Å². The Bertz CT molecular complexity index is 368. The quantitative estimate of drug-likeness (QED) is 0.557. The highest BCUT2D eigenvalue weighted by Gasteiger charge is 2.16. The summed E-state index contributed by atoms with van der Waals surface area (Å²) in [5.74, 6) is -0.126. The number of nitrogens with two attached hydrogens (primary N) is 1. The Kier molecular flexibility index (Phi) is 6.35. The lowest BCUT2D eigenvalue weighted by Gasteiger charge is -2.07. The Morgan fingerprint density at radius 2 is 2.35 bits per heavy atom. The van der Waals surface area contributed by atoms with Gasteiger partial charge in [-0.1, -0.05) is 0 Å². The fourth-order valence-corrected chi connectivity index (χ4v) is 1.82. The van der Waals surface area contributed by atoms with Crippen LogP contribution in [0.2, 0.25) is 0 Å². The molecule has 0 aromatic carbocycles. The molecular formula is C10H16BrN3O3. The first-order valence-corrected chi connectivity index (χ1v) is 6.01. The van der Waals surface area contributed by atoms with Crippen molar-refractivity contribution in [3.8, 4) is 0 Å². The van der Waals surface area contributed by atoms with E-state index in [0.29, 0.717) is 36.5 Å². The van der Waals surface area contributed by atoms with Crippen LogP contribution in [-0.4, -0.2) is 49.0 Å². The van der Waals surface area contributed by atoms with Gasteiger partial charge in [0.2, 0.25) is 5.78 Å². The van der Waals surface area contributed by atoms with Gasteiger partial charge in [-0.25, -0.2) is 0 Å². The summed E-state index contributed by atoms with van der Waals surface area (Å²) < 4.78 is 12.3. The number of ketones is 1. The van der Waals surface area contributed by atoms with Gasteiger partial charge in [-0.3, -0.25) is 9.48 Å². The molecule has 6 nitrogen and oxygen atoms in total. The molecule has 17 heavy (non-hydrogen) atoms. The van der Waals surface area contributed by atoms with E-state index in [4.69, 9.17) is 15.2 Å². The van der Waals surface area contributed by atoms with Crippen molar-refractivity contribution in [2.24, 2.45) is 5.73 Å². The standard InChI is InChI=1S/C10H16BrN3O3/c1-16-5-3-14-10(8(11)6-13-14)9(15)7-17-4-2-12/h6H,2-5,7,12H2,1H3. The maximum atomic E-state index is 11.9. The third-order valence-electron chi connectivity index (χ3n) is 2.06. The maximum Gasteiger partial charge on any atom is 0.207 e. The highest BCUT2D eigenvalue weighted by Crippen LogP contribution is 2.16. The zero-order valence-corrected chi connectivity index (χ0v) is 11.3. The topological polar surface area (TPSA) is 79.4 Å². The monoisotopic (exact) mass is 305 g/mol. The number of ether oxygens (including phenoxy) is 2. The summed E-state index contributed by atoms with van der Waals surface area (Å²) in [6.45, 7) is 1.81. The van der Waals surface area contributed by atoms with Gasteiger partial charge in [0.25, 0.3) is 0 Å². The summed E-state index contributed by atoms with van der Waals surface area (Å²) >= 11 is 3.29. The van der Waals surface area contributed by atoms with Crippen molar-refractivity contribution in [1.82, 2.24) is 9.78 Å². The van der Waals surface area contributed by atoms with Crippen LogP contribution in [-0.2, 0) is 16.0 Å². The molecule has 0 atom stereocenters. The second-order valence-corrected chi connectivity index (χ2v) is 4.18. The van der Waals surface area contributed by atoms with Crippen molar-refractivity contribution in [2.45, 2.75) is 6.54 Å². The predicted molar refractivity (Wildman–Crippen MR) is 66.0 cm³/mol. The van der Waals surface area contributed by atoms with Crippen molar-refractivity contribution >= 4 is 21.7 Å². The number of nitrogens with zero attached hydrogens (tertiary/aromatic N) is 2. The molecule has 0 aliphatic rings. The SMILES string of the molecule is COCCn1ncc(Br)c1C(=O)COCCN. The summed E-state index contributed by atoms with van der Waals surface area (Å²) in [6.07, 6.45) is 1.59. The van der Waals surface area contributed by atoms with Crippen LogP contribution in [0.5, 0.6) is 0 Å². The van der Waals surface area contributed by atoms with Gasteiger partial charge >= 0.3 is 0 Å². The van der Waals surface area contributed by atoms with E-state index in [1.807, 2.05) is 0 Å². The number of rotatable bonds is 8. The lowest BCUT2D eigenvalue weighted by atomic mass is 10.3. The van der Waals surface area contributed by atoms with Crippen molar-refractivity contribution in [1.29, 1.82) is 0 Å². The van der Waals surface area contributed by atoms with E-state index < -0.39 is 0 Å². The molecule has 0 unspecified atom stereocenters. The average Bonchev–Trinajstić information content (AvgIpc) is 2.68. The van der Waals surface area contributed by atoms with Crippen LogP contribution < -0.4 is 5.73 Å². The van der Waals surface area contributed by atoms with Gasteiger partial charge in [-0.05, 0) is 15.9 Å². The number of Topliss-reactive ketones (excluding diaryl/α,β-unsaturated/α-hetero) is 1. The van der Waals surface area contributed by atoms with Crippen molar-refractivity contribution in [3.05, 3.63) is 16.4 Å². The molecule has 0 saturated heterocycles. The molecule has 96 valence electrons. The molecule has 0 spiro atoms. The summed E-state index contributed by atoms with van der Waals surface area (Å²) in [5.41, 5.74) is 5.78. The summed E-state index contributed by atoms with van der Waals surface area (Å²) in [5, 5.41) is 4.09. The van der Waals surface area contributed by atoms with E-state index >= 15 is 0 Å². The van der Waals surface area contributed by atoms with Crippen LogP contribution in [0.4, 0.5) is 0 Å². The molecule has 0 aliphatic heterocycles. The summed E-state index contributed by atoms with van der Waals surface area (Å²) in [7, 11) is 1.60. The van der Waals surface area contributed by atoms with Gasteiger partial charge in [0.05, 0.1) is 30.4 Å². The van der Waals surface area contributed by atoms with E-state index in [9.17, 15) is 4.79 Å². The first-order valence-electron chi connectivity index (χ1n) is 5.22. The van der Waals surface area contributed by atoms with Crippen LogP contribution in [0.25, 0.3) is 0 Å². The minimum atomic E-state index is -0.126. The Morgan fingerprint density at radius 1 is 1.59 bits per heavy atom. The Labute approximate surface area is 108 Å². The first-order chi connectivity index (χ1) is 8.20. The molecule has 1 aromatic heterocycles. The number of hydrogen-bond acceptors (Lipinski definition) is 5. The molecule has 1 aromatic rings. The zero-order chi connectivity index (χ0) is 12.7. The number of carbonyl (C=O) groups is 1. The molecule has 0 bridgehead atoms. The first kappa shape index (κ1) is 14.3. The predicted octanol–water partition coefficient (Wildman–Crippen LogP) is 0.450. The molecule has 7 heteroatoms.